The number of benzene rings is 1. The van der Waals surface area contributed by atoms with Crippen molar-refractivity contribution in [3.8, 4) is 0 Å². The Morgan fingerprint density at radius 1 is 1.29 bits per heavy atom. The van der Waals surface area contributed by atoms with Gasteiger partial charge in [-0.25, -0.2) is 9.78 Å². The summed E-state index contributed by atoms with van der Waals surface area (Å²) in [5, 5.41) is 2.57. The lowest BCUT2D eigenvalue weighted by Crippen LogP contribution is -2.43. The third kappa shape index (κ3) is 4.03. The van der Waals surface area contributed by atoms with E-state index in [0.29, 0.717) is 6.42 Å². The van der Waals surface area contributed by atoms with Crippen LogP contribution in [0.3, 0.4) is 0 Å². The average molecular weight is 384 g/mol. The number of para-hydroxylation sites is 1. The molecular formula is C21H28N4O3. The third-order valence-corrected chi connectivity index (χ3v) is 4.81. The van der Waals surface area contributed by atoms with Gasteiger partial charge in [-0.3, -0.25) is 9.69 Å². The molecule has 1 aromatic carbocycles. The molecule has 0 saturated carbocycles. The van der Waals surface area contributed by atoms with Crippen LogP contribution in [0.1, 0.15) is 50.8 Å². The SMILES string of the molecule is CCc1cnc(C2Cc3ccccc3N2C(=O)CNC(=O)OC(C)(C)C)n1C. The fourth-order valence-corrected chi connectivity index (χ4v) is 3.55. The van der Waals surface area contributed by atoms with E-state index in [1.807, 2.05) is 37.5 Å². The minimum Gasteiger partial charge on any atom is -0.444 e. The van der Waals surface area contributed by atoms with Crippen LogP contribution in [-0.4, -0.2) is 33.7 Å². The van der Waals surface area contributed by atoms with Crippen molar-refractivity contribution in [2.75, 3.05) is 11.4 Å². The first-order valence-electron chi connectivity index (χ1n) is 9.58. The molecule has 1 aliphatic rings. The Kier molecular flexibility index (Phi) is 5.45. The minimum atomic E-state index is -0.612. The number of rotatable bonds is 4. The van der Waals surface area contributed by atoms with Crippen LogP contribution in [0.25, 0.3) is 0 Å². The van der Waals surface area contributed by atoms with Crippen molar-refractivity contribution in [2.45, 2.75) is 52.2 Å². The van der Waals surface area contributed by atoms with E-state index in [2.05, 4.69) is 21.8 Å². The fraction of sp³-hybridized carbons (Fsp3) is 0.476. The number of ether oxygens (including phenoxy) is 1. The summed E-state index contributed by atoms with van der Waals surface area (Å²) < 4.78 is 7.29. The summed E-state index contributed by atoms with van der Waals surface area (Å²) in [6.45, 7) is 7.30. The number of aryl methyl sites for hydroxylation is 1. The van der Waals surface area contributed by atoms with E-state index >= 15 is 0 Å². The van der Waals surface area contributed by atoms with Gasteiger partial charge in [-0.15, -0.1) is 0 Å². The van der Waals surface area contributed by atoms with Crippen LogP contribution in [0.4, 0.5) is 10.5 Å². The molecule has 150 valence electrons. The zero-order valence-electron chi connectivity index (χ0n) is 17.2. The van der Waals surface area contributed by atoms with Crippen LogP contribution < -0.4 is 10.2 Å². The first-order chi connectivity index (χ1) is 13.2. The van der Waals surface area contributed by atoms with E-state index in [4.69, 9.17) is 4.74 Å². The molecule has 2 heterocycles. The van der Waals surface area contributed by atoms with Gasteiger partial charge in [0.1, 0.15) is 18.0 Å². The predicted octanol–water partition coefficient (Wildman–Crippen LogP) is 3.14. The normalized spacial score (nSPS) is 16.0. The number of fused-ring (bicyclic) bond motifs is 1. The largest absolute Gasteiger partial charge is 0.444 e. The van der Waals surface area contributed by atoms with Crippen LogP contribution >= 0.6 is 0 Å². The maximum atomic E-state index is 13.1. The van der Waals surface area contributed by atoms with Gasteiger partial charge >= 0.3 is 6.09 Å². The molecule has 1 unspecified atom stereocenters. The lowest BCUT2D eigenvalue weighted by Gasteiger charge is -2.26. The predicted molar refractivity (Wildman–Crippen MR) is 107 cm³/mol. The van der Waals surface area contributed by atoms with Crippen LogP contribution in [0, 0.1) is 0 Å². The highest BCUT2D eigenvalue weighted by Crippen LogP contribution is 2.39. The molecule has 3 rings (SSSR count). The molecule has 7 nitrogen and oxygen atoms in total. The van der Waals surface area contributed by atoms with Crippen LogP contribution in [0.15, 0.2) is 30.5 Å². The van der Waals surface area contributed by atoms with Gasteiger partial charge in [0, 0.05) is 31.0 Å². The Hall–Kier alpha value is -2.83. The zero-order chi connectivity index (χ0) is 20.5. The monoisotopic (exact) mass is 384 g/mol. The second-order valence-electron chi connectivity index (χ2n) is 7.99. The number of carbonyl (C=O) groups is 2. The molecule has 1 aliphatic heterocycles. The summed E-state index contributed by atoms with van der Waals surface area (Å²) >= 11 is 0. The number of hydrogen-bond acceptors (Lipinski definition) is 4. The zero-order valence-corrected chi connectivity index (χ0v) is 17.2. The second-order valence-corrected chi connectivity index (χ2v) is 7.99. The van der Waals surface area contributed by atoms with Crippen molar-refractivity contribution >= 4 is 17.7 Å². The van der Waals surface area contributed by atoms with Crippen LogP contribution in [0.2, 0.25) is 0 Å². The number of nitrogens with zero attached hydrogens (tertiary/aromatic N) is 3. The molecule has 1 N–H and O–H groups in total. The minimum absolute atomic E-state index is 0.134. The van der Waals surface area contributed by atoms with Gasteiger partial charge in [-0.05, 0) is 38.8 Å². The second kappa shape index (κ2) is 7.66. The molecule has 0 spiro atoms. The van der Waals surface area contributed by atoms with E-state index < -0.39 is 11.7 Å². The van der Waals surface area contributed by atoms with Crippen molar-refractivity contribution in [3.63, 3.8) is 0 Å². The van der Waals surface area contributed by atoms with E-state index in [1.54, 1.807) is 25.7 Å². The number of anilines is 1. The van der Waals surface area contributed by atoms with Crippen molar-refractivity contribution < 1.29 is 14.3 Å². The van der Waals surface area contributed by atoms with Crippen LogP contribution in [-0.2, 0) is 29.4 Å². The Balaban J connectivity index is 1.83. The van der Waals surface area contributed by atoms with Gasteiger partial charge in [-0.2, -0.15) is 0 Å². The number of nitrogens with one attached hydrogen (secondary N) is 1. The lowest BCUT2D eigenvalue weighted by molar-refractivity contribution is -0.118. The molecule has 1 aromatic heterocycles. The highest BCUT2D eigenvalue weighted by Gasteiger charge is 2.37. The first kappa shape index (κ1) is 19.9. The molecule has 2 aromatic rings. The van der Waals surface area contributed by atoms with E-state index in [9.17, 15) is 9.59 Å². The molecule has 28 heavy (non-hydrogen) atoms. The number of aromatic nitrogens is 2. The van der Waals surface area contributed by atoms with Crippen molar-refractivity contribution in [2.24, 2.45) is 7.05 Å². The van der Waals surface area contributed by atoms with Gasteiger partial charge < -0.3 is 14.6 Å². The smallest absolute Gasteiger partial charge is 0.408 e. The van der Waals surface area contributed by atoms with Crippen molar-refractivity contribution in [1.82, 2.24) is 14.9 Å². The van der Waals surface area contributed by atoms with Gasteiger partial charge in [0.15, 0.2) is 0 Å². The molecule has 0 aliphatic carbocycles. The Morgan fingerprint density at radius 3 is 2.64 bits per heavy atom. The number of carbonyl (C=O) groups excluding carboxylic acids is 2. The van der Waals surface area contributed by atoms with E-state index in [0.717, 1.165) is 29.2 Å². The molecule has 0 fully saturated rings. The molecule has 0 saturated heterocycles. The number of amides is 2. The Morgan fingerprint density at radius 2 is 2.00 bits per heavy atom. The summed E-state index contributed by atoms with van der Waals surface area (Å²) in [4.78, 5) is 31.3. The average Bonchev–Trinajstić information content (AvgIpc) is 3.18. The summed E-state index contributed by atoms with van der Waals surface area (Å²) in [6.07, 6.45) is 2.83. The highest BCUT2D eigenvalue weighted by molar-refractivity contribution is 5.98. The molecular weight excluding hydrogens is 356 g/mol. The highest BCUT2D eigenvalue weighted by atomic mass is 16.6. The quantitative estimate of drug-likeness (QED) is 0.879. The van der Waals surface area contributed by atoms with E-state index in [1.165, 1.54) is 0 Å². The Labute approximate surface area is 165 Å². The summed E-state index contributed by atoms with van der Waals surface area (Å²) in [5.74, 6) is 0.653. The van der Waals surface area contributed by atoms with Crippen molar-refractivity contribution in [3.05, 3.63) is 47.5 Å². The number of hydrogen-bond donors (Lipinski definition) is 1. The van der Waals surface area contributed by atoms with Gasteiger partial charge in [0.05, 0.1) is 6.04 Å². The molecule has 7 heteroatoms. The lowest BCUT2D eigenvalue weighted by atomic mass is 10.1. The third-order valence-electron chi connectivity index (χ3n) is 4.81. The first-order valence-corrected chi connectivity index (χ1v) is 9.58. The van der Waals surface area contributed by atoms with Gasteiger partial charge in [0.25, 0.3) is 0 Å². The summed E-state index contributed by atoms with van der Waals surface area (Å²) in [5.41, 5.74) is 2.47. The summed E-state index contributed by atoms with van der Waals surface area (Å²) in [7, 11) is 1.98. The van der Waals surface area contributed by atoms with E-state index in [-0.39, 0.29) is 18.5 Å². The maximum absolute atomic E-state index is 13.1. The van der Waals surface area contributed by atoms with Gasteiger partial charge in [-0.1, -0.05) is 25.1 Å². The fourth-order valence-electron chi connectivity index (χ4n) is 3.55. The number of alkyl carbamates (subject to hydrolysis) is 1. The maximum Gasteiger partial charge on any atom is 0.408 e. The van der Waals surface area contributed by atoms with Crippen LogP contribution in [0.5, 0.6) is 0 Å². The standard InChI is InChI=1S/C21H28N4O3/c1-6-15-12-22-19(24(15)5)17-11-14-9-7-8-10-16(14)25(17)18(26)13-23-20(27)28-21(2,3)4/h7-10,12,17H,6,11,13H2,1-5H3,(H,23,27). The summed E-state index contributed by atoms with van der Waals surface area (Å²) in [6, 6.07) is 7.65. The molecule has 2 amide bonds. The topological polar surface area (TPSA) is 76.5 Å². The van der Waals surface area contributed by atoms with Gasteiger partial charge in [0.2, 0.25) is 5.91 Å². The van der Waals surface area contributed by atoms with Crippen molar-refractivity contribution in [1.29, 1.82) is 0 Å². The Bertz CT molecular complexity index is 882. The molecule has 1 atom stereocenters. The number of imidazole rings is 1. The molecule has 0 radical (unpaired) electrons. The molecule has 0 bridgehead atoms.